The third-order valence-electron chi connectivity index (χ3n) is 2.61. The van der Waals surface area contributed by atoms with Crippen LogP contribution < -0.4 is 0 Å². The number of carbonyl (C=O) groups is 1. The Morgan fingerprint density at radius 2 is 2.11 bits per heavy atom. The first-order valence-electron chi connectivity index (χ1n) is 5.39. The molecule has 0 atom stereocenters. The molecule has 0 bridgehead atoms. The van der Waals surface area contributed by atoms with Crippen LogP contribution in [0.25, 0.3) is 22.6 Å². The number of fused-ring (bicyclic) bond motifs is 1. The Balaban J connectivity index is 2.14. The van der Waals surface area contributed by atoms with E-state index in [9.17, 15) is 9.18 Å². The smallest absolute Gasteiger partial charge is 0.335 e. The first-order chi connectivity index (χ1) is 9.13. The van der Waals surface area contributed by atoms with Gasteiger partial charge in [-0.2, -0.15) is 4.39 Å². The Hall–Kier alpha value is -2.76. The number of pyridine rings is 1. The first-order valence-corrected chi connectivity index (χ1v) is 5.39. The topological polar surface area (TPSA) is 76.2 Å². The van der Waals surface area contributed by atoms with Gasteiger partial charge in [-0.05, 0) is 24.3 Å². The SMILES string of the molecule is O=C(O)c1ccc2nc(-c3ccnc(F)c3)oc2c1. The molecule has 3 rings (SSSR count). The zero-order valence-corrected chi connectivity index (χ0v) is 9.50. The van der Waals surface area contributed by atoms with Crippen LogP contribution in [0.3, 0.4) is 0 Å². The third kappa shape index (κ3) is 2.03. The van der Waals surface area contributed by atoms with Crippen molar-refractivity contribution in [1.29, 1.82) is 0 Å². The lowest BCUT2D eigenvalue weighted by atomic mass is 10.2. The number of hydrogen-bond donors (Lipinski definition) is 1. The van der Waals surface area contributed by atoms with E-state index in [1.807, 2.05) is 0 Å². The predicted molar refractivity (Wildman–Crippen MR) is 64.2 cm³/mol. The standard InChI is InChI=1S/C13H7FN2O3/c14-11-6-7(3-4-15-11)12-16-9-2-1-8(13(17)18)5-10(9)19-12/h1-6H,(H,17,18). The normalized spacial score (nSPS) is 10.8. The van der Waals surface area contributed by atoms with Crippen LogP contribution in [0.4, 0.5) is 4.39 Å². The van der Waals surface area contributed by atoms with Crippen LogP contribution in [0, 0.1) is 5.95 Å². The number of oxazole rings is 1. The molecule has 0 aliphatic carbocycles. The van der Waals surface area contributed by atoms with Crippen molar-refractivity contribution in [2.24, 2.45) is 0 Å². The zero-order valence-electron chi connectivity index (χ0n) is 9.50. The van der Waals surface area contributed by atoms with Gasteiger partial charge in [-0.1, -0.05) is 0 Å². The van der Waals surface area contributed by atoms with Crippen LogP contribution in [0.2, 0.25) is 0 Å². The Labute approximate surface area is 106 Å². The van der Waals surface area contributed by atoms with Gasteiger partial charge in [-0.3, -0.25) is 0 Å². The second-order valence-electron chi connectivity index (χ2n) is 3.87. The number of carboxylic acids is 1. The molecule has 94 valence electrons. The molecule has 0 radical (unpaired) electrons. The summed E-state index contributed by atoms with van der Waals surface area (Å²) in [5.41, 5.74) is 1.40. The molecule has 1 N–H and O–H groups in total. The lowest BCUT2D eigenvalue weighted by Crippen LogP contribution is -1.94. The number of nitrogens with zero attached hydrogens (tertiary/aromatic N) is 2. The molecule has 6 heteroatoms. The highest BCUT2D eigenvalue weighted by molar-refractivity contribution is 5.92. The molecule has 0 fully saturated rings. The first kappa shape index (κ1) is 11.3. The maximum Gasteiger partial charge on any atom is 0.335 e. The van der Waals surface area contributed by atoms with Crippen molar-refractivity contribution >= 4 is 17.1 Å². The largest absolute Gasteiger partial charge is 0.478 e. The lowest BCUT2D eigenvalue weighted by Gasteiger charge is -1.93. The van der Waals surface area contributed by atoms with Crippen LogP contribution in [-0.2, 0) is 0 Å². The van der Waals surface area contributed by atoms with Crippen molar-refractivity contribution < 1.29 is 18.7 Å². The quantitative estimate of drug-likeness (QED) is 0.715. The molecule has 2 heterocycles. The van der Waals surface area contributed by atoms with Gasteiger partial charge in [0.05, 0.1) is 5.56 Å². The number of aromatic carboxylic acids is 1. The van der Waals surface area contributed by atoms with Gasteiger partial charge in [0, 0.05) is 17.8 Å². The van der Waals surface area contributed by atoms with Crippen LogP contribution in [0.1, 0.15) is 10.4 Å². The molecule has 3 aromatic rings. The number of carboxylic acid groups (broad SMARTS) is 1. The molecule has 19 heavy (non-hydrogen) atoms. The van der Waals surface area contributed by atoms with E-state index in [1.165, 1.54) is 24.4 Å². The van der Waals surface area contributed by atoms with Gasteiger partial charge in [0.1, 0.15) is 5.52 Å². The highest BCUT2D eigenvalue weighted by Gasteiger charge is 2.11. The summed E-state index contributed by atoms with van der Waals surface area (Å²) in [5, 5.41) is 8.88. The van der Waals surface area contributed by atoms with Crippen LogP contribution in [0.5, 0.6) is 0 Å². The number of rotatable bonds is 2. The van der Waals surface area contributed by atoms with Crippen molar-refractivity contribution in [3.63, 3.8) is 0 Å². The number of halogens is 1. The molecule has 0 amide bonds. The Kier molecular flexibility index (Phi) is 2.49. The van der Waals surface area contributed by atoms with Gasteiger partial charge in [0.2, 0.25) is 11.8 Å². The summed E-state index contributed by atoms with van der Waals surface area (Å²) in [6.07, 6.45) is 1.31. The van der Waals surface area contributed by atoms with Gasteiger partial charge in [0.15, 0.2) is 5.58 Å². The van der Waals surface area contributed by atoms with Gasteiger partial charge in [0.25, 0.3) is 0 Å². The minimum absolute atomic E-state index is 0.108. The maximum atomic E-state index is 13.0. The van der Waals surface area contributed by atoms with Crippen molar-refractivity contribution in [2.75, 3.05) is 0 Å². The minimum Gasteiger partial charge on any atom is -0.478 e. The summed E-state index contributed by atoms with van der Waals surface area (Å²) in [6.45, 7) is 0. The molecule has 2 aromatic heterocycles. The highest BCUT2D eigenvalue weighted by atomic mass is 19.1. The summed E-state index contributed by atoms with van der Waals surface area (Å²) < 4.78 is 18.5. The van der Waals surface area contributed by atoms with Gasteiger partial charge >= 0.3 is 5.97 Å². The molecule has 0 saturated carbocycles. The summed E-state index contributed by atoms with van der Waals surface area (Å²) in [7, 11) is 0. The van der Waals surface area contributed by atoms with E-state index < -0.39 is 11.9 Å². The van der Waals surface area contributed by atoms with E-state index in [-0.39, 0.29) is 11.5 Å². The molecular weight excluding hydrogens is 251 g/mol. The molecule has 5 nitrogen and oxygen atoms in total. The van der Waals surface area contributed by atoms with E-state index in [0.29, 0.717) is 16.7 Å². The van der Waals surface area contributed by atoms with Crippen molar-refractivity contribution in [1.82, 2.24) is 9.97 Å². The average Bonchev–Trinajstić information content (AvgIpc) is 2.81. The van der Waals surface area contributed by atoms with E-state index >= 15 is 0 Å². The fourth-order valence-corrected chi connectivity index (χ4v) is 1.72. The Morgan fingerprint density at radius 1 is 1.26 bits per heavy atom. The summed E-state index contributed by atoms with van der Waals surface area (Å²) in [4.78, 5) is 18.5. The predicted octanol–water partition coefficient (Wildman–Crippen LogP) is 2.73. The second-order valence-corrected chi connectivity index (χ2v) is 3.87. The number of benzene rings is 1. The van der Waals surface area contributed by atoms with Gasteiger partial charge in [-0.25, -0.2) is 14.8 Å². The molecule has 1 aromatic carbocycles. The van der Waals surface area contributed by atoms with Crippen molar-refractivity contribution in [3.05, 3.63) is 48.0 Å². The van der Waals surface area contributed by atoms with E-state index in [4.69, 9.17) is 9.52 Å². The molecule has 0 unspecified atom stereocenters. The number of aromatic nitrogens is 2. The molecule has 0 aliphatic rings. The van der Waals surface area contributed by atoms with Crippen molar-refractivity contribution in [3.8, 4) is 11.5 Å². The number of hydrogen-bond acceptors (Lipinski definition) is 4. The summed E-state index contributed by atoms with van der Waals surface area (Å²) in [5.74, 6) is -1.46. The fraction of sp³-hybridized carbons (Fsp3) is 0. The van der Waals surface area contributed by atoms with Crippen molar-refractivity contribution in [2.45, 2.75) is 0 Å². The highest BCUT2D eigenvalue weighted by Crippen LogP contribution is 2.24. The van der Waals surface area contributed by atoms with Crippen LogP contribution in [0.15, 0.2) is 40.9 Å². The monoisotopic (exact) mass is 258 g/mol. The average molecular weight is 258 g/mol. The van der Waals surface area contributed by atoms with Crippen LogP contribution in [-0.4, -0.2) is 21.0 Å². The van der Waals surface area contributed by atoms with E-state index in [1.54, 1.807) is 12.1 Å². The second kappa shape index (κ2) is 4.16. The lowest BCUT2D eigenvalue weighted by molar-refractivity contribution is 0.0697. The molecular formula is C13H7FN2O3. The van der Waals surface area contributed by atoms with Gasteiger partial charge in [-0.15, -0.1) is 0 Å². The zero-order chi connectivity index (χ0) is 13.4. The summed E-state index contributed by atoms with van der Waals surface area (Å²) >= 11 is 0. The maximum absolute atomic E-state index is 13.0. The van der Waals surface area contributed by atoms with E-state index in [2.05, 4.69) is 9.97 Å². The van der Waals surface area contributed by atoms with Gasteiger partial charge < -0.3 is 9.52 Å². The van der Waals surface area contributed by atoms with E-state index in [0.717, 1.165) is 0 Å². The third-order valence-corrected chi connectivity index (χ3v) is 2.61. The van der Waals surface area contributed by atoms with Crippen LogP contribution >= 0.6 is 0 Å². The summed E-state index contributed by atoms with van der Waals surface area (Å²) in [6, 6.07) is 7.12. The molecule has 0 aliphatic heterocycles. The Bertz CT molecular complexity index is 782. The Morgan fingerprint density at radius 3 is 2.84 bits per heavy atom. The molecule has 0 saturated heterocycles. The minimum atomic E-state index is -1.05. The molecule has 0 spiro atoms. The fourth-order valence-electron chi connectivity index (χ4n) is 1.72.